The molecule has 0 aromatic heterocycles. The first-order chi connectivity index (χ1) is 9.42. The Morgan fingerprint density at radius 2 is 2.05 bits per heavy atom. The van der Waals surface area contributed by atoms with Crippen molar-refractivity contribution in [1.82, 2.24) is 5.32 Å². The molecule has 0 bridgehead atoms. The van der Waals surface area contributed by atoms with Gasteiger partial charge in [-0.25, -0.2) is 0 Å². The number of hydrogen-bond acceptors (Lipinski definition) is 4. The van der Waals surface area contributed by atoms with E-state index in [0.717, 1.165) is 18.5 Å². The molecule has 1 aromatic rings. The topological polar surface area (TPSA) is 69.6 Å². The van der Waals surface area contributed by atoms with Gasteiger partial charge in [0.2, 0.25) is 0 Å². The molecule has 0 aliphatic carbocycles. The van der Waals surface area contributed by atoms with Gasteiger partial charge in [0.15, 0.2) is 4.87 Å². The largest absolute Gasteiger partial charge is 0.368 e. The molecule has 6 heteroatoms. The number of hydrogen-bond donors (Lipinski definition) is 2. The summed E-state index contributed by atoms with van der Waals surface area (Å²) in [5, 5.41) is 3.07. The maximum Gasteiger partial charge on any atom is 0.286 e. The molecule has 3 rings (SSSR count). The molecule has 0 saturated carbocycles. The van der Waals surface area contributed by atoms with Crippen LogP contribution in [-0.4, -0.2) is 37.5 Å². The molecule has 0 spiro atoms. The van der Waals surface area contributed by atoms with Gasteiger partial charge in [-0.1, -0.05) is 17.7 Å². The molecule has 2 fully saturated rings. The van der Waals surface area contributed by atoms with E-state index < -0.39 is 15.0 Å². The number of piperidine rings is 1. The molecule has 2 saturated heterocycles. The summed E-state index contributed by atoms with van der Waals surface area (Å²) in [7, 11) is -4.13. The first kappa shape index (κ1) is 13.9. The predicted molar refractivity (Wildman–Crippen MR) is 78.4 cm³/mol. The van der Waals surface area contributed by atoms with Gasteiger partial charge in [-0.2, -0.15) is 8.42 Å². The fourth-order valence-corrected chi connectivity index (χ4v) is 4.62. The SMILES string of the molecule is Cc1ccc(N2CC3CCCNC3(S(=O)(=O)O)C2)cc1. The van der Waals surface area contributed by atoms with Crippen molar-refractivity contribution >= 4 is 15.8 Å². The molecule has 0 amide bonds. The van der Waals surface area contributed by atoms with Gasteiger partial charge in [0, 0.05) is 18.2 Å². The van der Waals surface area contributed by atoms with Crippen molar-refractivity contribution < 1.29 is 13.0 Å². The van der Waals surface area contributed by atoms with Gasteiger partial charge in [0.25, 0.3) is 10.1 Å². The monoisotopic (exact) mass is 296 g/mol. The average molecular weight is 296 g/mol. The van der Waals surface area contributed by atoms with Gasteiger partial charge in [-0.3, -0.25) is 9.87 Å². The van der Waals surface area contributed by atoms with Gasteiger partial charge in [0.05, 0.1) is 6.54 Å². The van der Waals surface area contributed by atoms with Crippen molar-refractivity contribution in [2.75, 3.05) is 24.5 Å². The molecule has 20 heavy (non-hydrogen) atoms. The van der Waals surface area contributed by atoms with Gasteiger partial charge in [0.1, 0.15) is 0 Å². The van der Waals surface area contributed by atoms with E-state index in [4.69, 9.17) is 0 Å². The third-order valence-electron chi connectivity index (χ3n) is 4.54. The standard InChI is InChI=1S/C14H20N2O3S/c1-11-4-6-13(7-5-11)16-9-12-3-2-8-15-14(12,10-16)20(17,18)19/h4-7,12,15H,2-3,8-10H2,1H3,(H,17,18,19). The fourth-order valence-electron chi connectivity index (χ4n) is 3.40. The summed E-state index contributed by atoms with van der Waals surface area (Å²) in [6.07, 6.45) is 1.78. The van der Waals surface area contributed by atoms with E-state index in [2.05, 4.69) is 10.2 Å². The van der Waals surface area contributed by atoms with E-state index in [9.17, 15) is 13.0 Å². The summed E-state index contributed by atoms with van der Waals surface area (Å²) in [5.41, 5.74) is 2.18. The lowest BCUT2D eigenvalue weighted by molar-refractivity contribution is 0.271. The lowest BCUT2D eigenvalue weighted by atomic mass is 9.93. The smallest absolute Gasteiger partial charge is 0.286 e. The van der Waals surface area contributed by atoms with E-state index in [-0.39, 0.29) is 5.92 Å². The Morgan fingerprint density at radius 3 is 2.65 bits per heavy atom. The number of nitrogens with one attached hydrogen (secondary N) is 1. The minimum atomic E-state index is -4.13. The molecule has 110 valence electrons. The van der Waals surface area contributed by atoms with Crippen LogP contribution in [0, 0.1) is 12.8 Å². The second-order valence-corrected chi connectivity index (χ2v) is 7.53. The van der Waals surface area contributed by atoms with Gasteiger partial charge < -0.3 is 4.90 Å². The van der Waals surface area contributed by atoms with E-state index in [1.54, 1.807) is 0 Å². The van der Waals surface area contributed by atoms with Crippen molar-refractivity contribution in [3.63, 3.8) is 0 Å². The molecule has 2 atom stereocenters. The third-order valence-corrected chi connectivity index (χ3v) is 6.07. The first-order valence-electron chi connectivity index (χ1n) is 6.96. The number of nitrogens with zero attached hydrogens (tertiary/aromatic N) is 1. The summed E-state index contributed by atoms with van der Waals surface area (Å²) < 4.78 is 33.5. The lowest BCUT2D eigenvalue weighted by Gasteiger charge is -2.36. The highest BCUT2D eigenvalue weighted by Gasteiger charge is 2.56. The zero-order chi connectivity index (χ0) is 14.4. The first-order valence-corrected chi connectivity index (χ1v) is 8.40. The highest BCUT2D eigenvalue weighted by Crippen LogP contribution is 2.39. The lowest BCUT2D eigenvalue weighted by Crippen LogP contribution is -2.60. The molecule has 2 aliphatic heterocycles. The Hall–Kier alpha value is -1.11. The molecule has 2 heterocycles. The Labute approximate surface area is 119 Å². The summed E-state index contributed by atoms with van der Waals surface area (Å²) >= 11 is 0. The van der Waals surface area contributed by atoms with Crippen LogP contribution in [0.15, 0.2) is 24.3 Å². The zero-order valence-corrected chi connectivity index (χ0v) is 12.4. The van der Waals surface area contributed by atoms with E-state index in [0.29, 0.717) is 19.6 Å². The number of benzene rings is 1. The highest BCUT2D eigenvalue weighted by atomic mass is 32.2. The van der Waals surface area contributed by atoms with Crippen molar-refractivity contribution in [2.45, 2.75) is 24.6 Å². The van der Waals surface area contributed by atoms with Crippen molar-refractivity contribution in [2.24, 2.45) is 5.92 Å². The second kappa shape index (κ2) is 4.72. The summed E-state index contributed by atoms with van der Waals surface area (Å²) in [6, 6.07) is 8.05. The summed E-state index contributed by atoms with van der Waals surface area (Å²) in [4.78, 5) is 0.854. The molecular weight excluding hydrogens is 276 g/mol. The summed E-state index contributed by atoms with van der Waals surface area (Å²) in [5.74, 6) is -0.0625. The molecule has 2 aliphatic rings. The van der Waals surface area contributed by atoms with Gasteiger partial charge in [-0.05, 0) is 38.4 Å². The maximum atomic E-state index is 11.9. The molecule has 0 radical (unpaired) electrons. The Bertz CT molecular complexity index is 599. The minimum absolute atomic E-state index is 0.0625. The quantitative estimate of drug-likeness (QED) is 0.807. The number of fused-ring (bicyclic) bond motifs is 1. The number of aryl methyl sites for hydroxylation is 1. The predicted octanol–water partition coefficient (Wildman–Crippen LogP) is 1.40. The van der Waals surface area contributed by atoms with Crippen LogP contribution >= 0.6 is 0 Å². The van der Waals surface area contributed by atoms with Crippen LogP contribution in [0.1, 0.15) is 18.4 Å². The van der Waals surface area contributed by atoms with Crippen molar-refractivity contribution in [1.29, 1.82) is 0 Å². The van der Waals surface area contributed by atoms with Crippen LogP contribution in [0.25, 0.3) is 0 Å². The van der Waals surface area contributed by atoms with Crippen LogP contribution in [0.5, 0.6) is 0 Å². The van der Waals surface area contributed by atoms with Crippen molar-refractivity contribution in [3.05, 3.63) is 29.8 Å². The average Bonchev–Trinajstić information content (AvgIpc) is 2.79. The molecular formula is C14H20N2O3S. The maximum absolute atomic E-state index is 11.9. The Balaban J connectivity index is 1.94. The van der Waals surface area contributed by atoms with Gasteiger partial charge in [-0.15, -0.1) is 0 Å². The second-order valence-electron chi connectivity index (χ2n) is 5.85. The number of rotatable bonds is 2. The van der Waals surface area contributed by atoms with Crippen LogP contribution < -0.4 is 10.2 Å². The molecule has 2 unspecified atom stereocenters. The van der Waals surface area contributed by atoms with Crippen LogP contribution in [0.3, 0.4) is 0 Å². The summed E-state index contributed by atoms with van der Waals surface area (Å²) in [6.45, 7) is 3.63. The van der Waals surface area contributed by atoms with E-state index in [1.165, 1.54) is 5.56 Å². The highest BCUT2D eigenvalue weighted by molar-refractivity contribution is 7.87. The Kier molecular flexibility index (Phi) is 3.27. The van der Waals surface area contributed by atoms with Crippen LogP contribution in [0.2, 0.25) is 0 Å². The zero-order valence-electron chi connectivity index (χ0n) is 11.5. The van der Waals surface area contributed by atoms with Crippen LogP contribution in [0.4, 0.5) is 5.69 Å². The van der Waals surface area contributed by atoms with E-state index in [1.807, 2.05) is 31.2 Å². The molecule has 5 nitrogen and oxygen atoms in total. The normalized spacial score (nSPS) is 30.3. The van der Waals surface area contributed by atoms with Gasteiger partial charge >= 0.3 is 0 Å². The minimum Gasteiger partial charge on any atom is -0.368 e. The van der Waals surface area contributed by atoms with Crippen molar-refractivity contribution in [3.8, 4) is 0 Å². The molecule has 2 N–H and O–H groups in total. The fraction of sp³-hybridized carbons (Fsp3) is 0.571. The number of anilines is 1. The van der Waals surface area contributed by atoms with Crippen LogP contribution in [-0.2, 0) is 10.1 Å². The Morgan fingerprint density at radius 1 is 1.35 bits per heavy atom. The molecule has 1 aromatic carbocycles. The third kappa shape index (κ3) is 2.12. The van der Waals surface area contributed by atoms with E-state index >= 15 is 0 Å².